The third-order valence-corrected chi connectivity index (χ3v) is 6.97. The molecule has 3 heterocycles. The van der Waals surface area contributed by atoms with Crippen molar-refractivity contribution in [3.63, 3.8) is 0 Å². The molecule has 4 aromatic rings. The minimum atomic E-state index is -0.485. The van der Waals surface area contributed by atoms with Crippen molar-refractivity contribution in [3.05, 3.63) is 78.2 Å². The first-order chi connectivity index (χ1) is 18.5. The van der Waals surface area contributed by atoms with Crippen molar-refractivity contribution in [2.75, 3.05) is 19.8 Å². The van der Waals surface area contributed by atoms with Crippen LogP contribution in [-0.4, -0.2) is 47.5 Å². The molecule has 0 aliphatic carbocycles. The summed E-state index contributed by atoms with van der Waals surface area (Å²) >= 11 is 0. The molecule has 2 aliphatic rings. The summed E-state index contributed by atoms with van der Waals surface area (Å²) in [5, 5.41) is 11.8. The zero-order valence-electron chi connectivity index (χ0n) is 21.0. The molecule has 196 valence electrons. The van der Waals surface area contributed by atoms with Gasteiger partial charge in [0.1, 0.15) is 30.9 Å². The fraction of sp³-hybridized carbons (Fsp3) is 0.310. The molecular formula is C29H29FN4O4. The molecule has 0 spiro atoms. The number of carbonyl (C=O) groups is 1. The van der Waals surface area contributed by atoms with Gasteiger partial charge in [0.2, 0.25) is 5.91 Å². The van der Waals surface area contributed by atoms with Crippen LogP contribution in [0.1, 0.15) is 31.4 Å². The molecule has 0 bridgehead atoms. The van der Waals surface area contributed by atoms with E-state index in [1.807, 2.05) is 43.3 Å². The first kappa shape index (κ1) is 24.2. The Hall–Kier alpha value is -4.11. The van der Waals surface area contributed by atoms with E-state index in [0.29, 0.717) is 30.5 Å². The highest BCUT2D eigenvalue weighted by Gasteiger charge is 2.29. The molecule has 2 N–H and O–H groups in total. The smallest absolute Gasteiger partial charge is 0.237 e. The van der Waals surface area contributed by atoms with Gasteiger partial charge >= 0.3 is 0 Å². The van der Waals surface area contributed by atoms with Crippen LogP contribution in [0.4, 0.5) is 4.39 Å². The molecule has 0 unspecified atom stereocenters. The van der Waals surface area contributed by atoms with Crippen molar-refractivity contribution in [1.82, 2.24) is 20.4 Å². The second-order valence-corrected chi connectivity index (χ2v) is 9.64. The largest absolute Gasteiger partial charge is 0.486 e. The lowest BCUT2D eigenvalue weighted by molar-refractivity contribution is -0.124. The molecule has 6 rings (SSSR count). The molecule has 1 saturated heterocycles. The fourth-order valence-corrected chi connectivity index (χ4v) is 5.02. The van der Waals surface area contributed by atoms with Gasteiger partial charge in [0.05, 0.1) is 29.5 Å². The van der Waals surface area contributed by atoms with Gasteiger partial charge < -0.3 is 24.8 Å². The molecule has 1 amide bonds. The molecule has 1 fully saturated rings. The number of hydrogen-bond acceptors (Lipinski definition) is 6. The first-order valence-corrected chi connectivity index (χ1v) is 12.9. The van der Waals surface area contributed by atoms with Gasteiger partial charge in [-0.2, -0.15) is 5.10 Å². The zero-order valence-corrected chi connectivity index (χ0v) is 21.0. The van der Waals surface area contributed by atoms with Crippen LogP contribution in [0.5, 0.6) is 17.2 Å². The van der Waals surface area contributed by atoms with Crippen LogP contribution < -0.4 is 24.8 Å². The monoisotopic (exact) mass is 516 g/mol. The Morgan fingerprint density at radius 2 is 1.92 bits per heavy atom. The average Bonchev–Trinajstić information content (AvgIpc) is 3.62. The second-order valence-electron chi connectivity index (χ2n) is 9.64. The number of hydrogen-bond donors (Lipinski definition) is 2. The molecule has 3 aromatic carbocycles. The number of fused-ring (bicyclic) bond motifs is 2. The van der Waals surface area contributed by atoms with Crippen molar-refractivity contribution >= 4 is 16.8 Å². The fourth-order valence-electron chi connectivity index (χ4n) is 5.02. The number of ether oxygens (including phenoxy) is 3. The topological polar surface area (TPSA) is 86.6 Å². The number of nitrogens with zero attached hydrogens (tertiary/aromatic N) is 2. The summed E-state index contributed by atoms with van der Waals surface area (Å²) in [6.07, 6.45) is 3.07. The summed E-state index contributed by atoms with van der Waals surface area (Å²) in [7, 11) is 0. The standard InChI is InChI=1S/C29H29FN4O4/c1-18(33-29(35)24-3-2-12-31-24)28(19-4-11-26-27(16-19)37-14-13-36-26)38-23-9-10-25-20(15-23)17-32-34(25)22-7-5-21(30)6-8-22/h4-11,15-18,24,28,31H,2-3,12-14H2,1H3,(H,33,35)/t18-,24-,28+/m0/s1. The van der Waals surface area contributed by atoms with Gasteiger partial charge in [-0.15, -0.1) is 0 Å². The van der Waals surface area contributed by atoms with Crippen LogP contribution in [0.15, 0.2) is 66.9 Å². The Morgan fingerprint density at radius 3 is 2.71 bits per heavy atom. The molecule has 1 aromatic heterocycles. The van der Waals surface area contributed by atoms with Crippen LogP contribution in [-0.2, 0) is 4.79 Å². The summed E-state index contributed by atoms with van der Waals surface area (Å²) in [6, 6.07) is 17.1. The summed E-state index contributed by atoms with van der Waals surface area (Å²) in [5.74, 6) is 1.67. The number of halogens is 1. The van der Waals surface area contributed by atoms with Crippen LogP contribution >= 0.6 is 0 Å². The van der Waals surface area contributed by atoms with Crippen molar-refractivity contribution in [1.29, 1.82) is 0 Å². The minimum Gasteiger partial charge on any atom is -0.486 e. The van der Waals surface area contributed by atoms with Gasteiger partial charge in [0, 0.05) is 5.39 Å². The number of amides is 1. The number of benzene rings is 3. The lowest BCUT2D eigenvalue weighted by atomic mass is 10.0. The summed E-state index contributed by atoms with van der Waals surface area (Å²) in [4.78, 5) is 12.9. The van der Waals surface area contributed by atoms with Crippen LogP contribution in [0, 0.1) is 5.82 Å². The number of rotatable bonds is 7. The molecule has 2 aliphatic heterocycles. The van der Waals surface area contributed by atoms with Crippen LogP contribution in [0.2, 0.25) is 0 Å². The normalized spacial score (nSPS) is 18.2. The van der Waals surface area contributed by atoms with E-state index >= 15 is 0 Å². The van der Waals surface area contributed by atoms with E-state index in [-0.39, 0.29) is 23.8 Å². The second kappa shape index (κ2) is 10.3. The minimum absolute atomic E-state index is 0.0304. The Bertz CT molecular complexity index is 1450. The quantitative estimate of drug-likeness (QED) is 0.381. The Balaban J connectivity index is 1.29. The lowest BCUT2D eigenvalue weighted by Crippen LogP contribution is -2.47. The van der Waals surface area contributed by atoms with E-state index < -0.39 is 6.10 Å². The van der Waals surface area contributed by atoms with Gasteiger partial charge in [-0.1, -0.05) is 6.07 Å². The predicted octanol–water partition coefficient (Wildman–Crippen LogP) is 4.31. The molecule has 38 heavy (non-hydrogen) atoms. The van der Waals surface area contributed by atoms with E-state index in [4.69, 9.17) is 14.2 Å². The maximum atomic E-state index is 13.4. The molecule has 8 nitrogen and oxygen atoms in total. The SMILES string of the molecule is C[C@H](NC(=O)[C@@H]1CCCN1)[C@@H](Oc1ccc2c(cnn2-c2ccc(F)cc2)c1)c1ccc2c(c1)OCCO2. The molecular weight excluding hydrogens is 487 g/mol. The van der Waals surface area contributed by atoms with Gasteiger partial charge in [-0.25, -0.2) is 9.07 Å². The Morgan fingerprint density at radius 1 is 1.11 bits per heavy atom. The van der Waals surface area contributed by atoms with E-state index in [2.05, 4.69) is 15.7 Å². The Labute approximate surface area is 219 Å². The van der Waals surface area contributed by atoms with Crippen molar-refractivity contribution in [2.45, 2.75) is 38.0 Å². The third-order valence-electron chi connectivity index (χ3n) is 6.97. The molecule has 0 saturated carbocycles. The molecule has 0 radical (unpaired) electrons. The summed E-state index contributed by atoms with van der Waals surface area (Å²) < 4.78 is 33.2. The van der Waals surface area contributed by atoms with Gasteiger partial charge in [-0.05, 0) is 86.5 Å². The molecule has 9 heteroatoms. The van der Waals surface area contributed by atoms with E-state index in [9.17, 15) is 9.18 Å². The zero-order chi connectivity index (χ0) is 26.1. The van der Waals surface area contributed by atoms with E-state index in [1.54, 1.807) is 23.0 Å². The lowest BCUT2D eigenvalue weighted by Gasteiger charge is -2.28. The number of aromatic nitrogens is 2. The number of nitrogens with one attached hydrogen (secondary N) is 2. The maximum Gasteiger partial charge on any atom is 0.237 e. The predicted molar refractivity (Wildman–Crippen MR) is 140 cm³/mol. The average molecular weight is 517 g/mol. The third kappa shape index (κ3) is 4.89. The highest BCUT2D eigenvalue weighted by molar-refractivity contribution is 5.83. The van der Waals surface area contributed by atoms with Crippen LogP contribution in [0.3, 0.4) is 0 Å². The summed E-state index contributed by atoms with van der Waals surface area (Å²) in [6.45, 7) is 3.79. The summed E-state index contributed by atoms with van der Waals surface area (Å²) in [5.41, 5.74) is 2.50. The van der Waals surface area contributed by atoms with Crippen molar-refractivity contribution in [2.24, 2.45) is 0 Å². The van der Waals surface area contributed by atoms with Gasteiger partial charge in [0.25, 0.3) is 0 Å². The number of carbonyl (C=O) groups excluding carboxylic acids is 1. The van der Waals surface area contributed by atoms with Crippen LogP contribution in [0.25, 0.3) is 16.6 Å². The first-order valence-electron chi connectivity index (χ1n) is 12.9. The van der Waals surface area contributed by atoms with E-state index in [1.165, 1.54) is 12.1 Å². The van der Waals surface area contributed by atoms with E-state index in [0.717, 1.165) is 41.5 Å². The van der Waals surface area contributed by atoms with Gasteiger partial charge in [0.15, 0.2) is 11.5 Å². The van der Waals surface area contributed by atoms with Crippen molar-refractivity contribution < 1.29 is 23.4 Å². The highest BCUT2D eigenvalue weighted by atomic mass is 19.1. The highest BCUT2D eigenvalue weighted by Crippen LogP contribution is 2.36. The maximum absolute atomic E-state index is 13.4. The van der Waals surface area contributed by atoms with Gasteiger partial charge in [-0.3, -0.25) is 4.79 Å². The molecule has 3 atom stereocenters. The van der Waals surface area contributed by atoms with Crippen molar-refractivity contribution in [3.8, 4) is 22.9 Å². The Kier molecular flexibility index (Phi) is 6.59.